The lowest BCUT2D eigenvalue weighted by Crippen LogP contribution is -2.50. The van der Waals surface area contributed by atoms with E-state index in [1.165, 1.54) is 0 Å². The lowest BCUT2D eigenvalue weighted by atomic mass is 10.1. The Bertz CT molecular complexity index is 744. The van der Waals surface area contributed by atoms with Crippen molar-refractivity contribution in [3.8, 4) is 0 Å². The van der Waals surface area contributed by atoms with E-state index in [1.807, 2.05) is 67.9 Å². The van der Waals surface area contributed by atoms with Gasteiger partial charge in [0.2, 0.25) is 0 Å². The Morgan fingerprint density at radius 1 is 1.21 bits per heavy atom. The molecule has 3 N–H and O–H groups in total. The molecule has 8 nitrogen and oxygen atoms in total. The van der Waals surface area contributed by atoms with Gasteiger partial charge in [-0.1, -0.05) is 30.3 Å². The van der Waals surface area contributed by atoms with E-state index in [1.54, 1.807) is 6.92 Å². The van der Waals surface area contributed by atoms with E-state index in [-0.39, 0.29) is 24.0 Å². The molecule has 1 aromatic carbocycles. The second-order valence-electron chi connectivity index (χ2n) is 7.31. The van der Waals surface area contributed by atoms with Gasteiger partial charge < -0.3 is 25.2 Å². The average molecular weight is 501 g/mol. The number of nitrogens with one attached hydrogen (secondary N) is 2. The van der Waals surface area contributed by atoms with E-state index in [0.29, 0.717) is 32.1 Å². The number of aliphatic imine (C=N–C) groups is 1. The Morgan fingerprint density at radius 2 is 1.89 bits per heavy atom. The van der Waals surface area contributed by atoms with Gasteiger partial charge in [-0.3, -0.25) is 0 Å². The highest BCUT2D eigenvalue weighted by Gasteiger charge is 2.21. The molecule has 9 heteroatoms. The van der Waals surface area contributed by atoms with Crippen LogP contribution >= 0.6 is 24.0 Å². The smallest absolute Gasteiger partial charge is 0.192 e. The molecule has 1 aromatic heterocycles. The molecule has 2 rings (SSSR count). The van der Waals surface area contributed by atoms with Gasteiger partial charge in [-0.25, -0.2) is 4.99 Å². The van der Waals surface area contributed by atoms with Crippen molar-refractivity contribution >= 4 is 29.9 Å². The van der Waals surface area contributed by atoms with Crippen LogP contribution in [0.4, 0.5) is 0 Å². The second kappa shape index (κ2) is 11.3. The summed E-state index contributed by atoms with van der Waals surface area (Å²) in [6, 6.07) is 10.1. The molecular formula is C19H32IN7O. The predicted molar refractivity (Wildman–Crippen MR) is 123 cm³/mol. The largest absolute Gasteiger partial charge is 0.387 e. The van der Waals surface area contributed by atoms with Crippen LogP contribution in [0.2, 0.25) is 0 Å². The van der Waals surface area contributed by atoms with Gasteiger partial charge in [0.25, 0.3) is 0 Å². The van der Waals surface area contributed by atoms with Crippen LogP contribution in [-0.2, 0) is 20.1 Å². The number of rotatable bonds is 8. The summed E-state index contributed by atoms with van der Waals surface area (Å²) in [5.74, 6) is 2.30. The van der Waals surface area contributed by atoms with Gasteiger partial charge in [0.15, 0.2) is 11.8 Å². The maximum Gasteiger partial charge on any atom is 0.192 e. The normalized spacial score (nSPS) is 13.8. The van der Waals surface area contributed by atoms with Gasteiger partial charge in [0.05, 0.1) is 18.7 Å². The van der Waals surface area contributed by atoms with Crippen molar-refractivity contribution in [1.29, 1.82) is 0 Å². The van der Waals surface area contributed by atoms with Crippen LogP contribution in [0.5, 0.6) is 0 Å². The third-order valence-electron chi connectivity index (χ3n) is 4.15. The lowest BCUT2D eigenvalue weighted by molar-refractivity contribution is 0.0377. The molecule has 0 fully saturated rings. The molecule has 1 heterocycles. The maximum atomic E-state index is 10.5. The average Bonchev–Trinajstić information content (AvgIpc) is 2.93. The minimum Gasteiger partial charge on any atom is -0.387 e. The van der Waals surface area contributed by atoms with Crippen LogP contribution in [0.25, 0.3) is 0 Å². The first-order valence-electron chi connectivity index (χ1n) is 9.05. The number of hydrogen-bond acceptors (Lipinski definition) is 5. The Labute approximate surface area is 184 Å². The molecule has 0 spiro atoms. The number of nitrogens with zero attached hydrogens (tertiary/aromatic N) is 5. The minimum atomic E-state index is -0.875. The van der Waals surface area contributed by atoms with Gasteiger partial charge in [0.1, 0.15) is 5.82 Å². The molecule has 156 valence electrons. The van der Waals surface area contributed by atoms with Crippen molar-refractivity contribution < 1.29 is 5.11 Å². The molecule has 1 unspecified atom stereocenters. The molecule has 0 saturated carbocycles. The van der Waals surface area contributed by atoms with E-state index in [9.17, 15) is 5.11 Å². The quantitative estimate of drug-likeness (QED) is 0.287. The van der Waals surface area contributed by atoms with Crippen molar-refractivity contribution in [1.82, 2.24) is 30.3 Å². The summed E-state index contributed by atoms with van der Waals surface area (Å²) in [4.78, 5) is 6.60. The fraction of sp³-hybridized carbons (Fsp3) is 0.526. The number of aryl methyl sites for hydroxylation is 1. The molecule has 0 saturated heterocycles. The summed E-state index contributed by atoms with van der Waals surface area (Å²) in [5.41, 5.74) is 0.244. The van der Waals surface area contributed by atoms with Gasteiger partial charge in [0, 0.05) is 20.1 Å². The molecule has 0 amide bonds. The zero-order valence-corrected chi connectivity index (χ0v) is 19.6. The minimum absolute atomic E-state index is 0. The van der Waals surface area contributed by atoms with Crippen LogP contribution in [0, 0.1) is 6.92 Å². The Morgan fingerprint density at radius 3 is 2.46 bits per heavy atom. The van der Waals surface area contributed by atoms with E-state index in [2.05, 4.69) is 25.8 Å². The van der Waals surface area contributed by atoms with Crippen LogP contribution in [0.1, 0.15) is 24.1 Å². The maximum absolute atomic E-state index is 10.5. The number of halogens is 1. The van der Waals surface area contributed by atoms with Crippen molar-refractivity contribution in [2.45, 2.75) is 32.5 Å². The molecule has 0 radical (unpaired) electrons. The number of benzene rings is 1. The Hall–Kier alpha value is -1.72. The van der Waals surface area contributed by atoms with Crippen molar-refractivity contribution in [2.75, 3.05) is 27.2 Å². The topological polar surface area (TPSA) is 90.6 Å². The van der Waals surface area contributed by atoms with Gasteiger partial charge >= 0.3 is 0 Å². The second-order valence-corrected chi connectivity index (χ2v) is 7.31. The first-order valence-corrected chi connectivity index (χ1v) is 9.05. The highest BCUT2D eigenvalue weighted by atomic mass is 127. The molecule has 1 atom stereocenters. The predicted octanol–water partition coefficient (Wildman–Crippen LogP) is 1.29. The molecule has 2 aromatic rings. The van der Waals surface area contributed by atoms with Crippen LogP contribution in [-0.4, -0.2) is 63.5 Å². The third-order valence-corrected chi connectivity index (χ3v) is 4.15. The van der Waals surface area contributed by atoms with Crippen LogP contribution < -0.4 is 10.6 Å². The third kappa shape index (κ3) is 8.11. The number of aliphatic hydroxyl groups is 1. The van der Waals surface area contributed by atoms with E-state index >= 15 is 0 Å². The first kappa shape index (κ1) is 24.3. The van der Waals surface area contributed by atoms with Crippen molar-refractivity contribution in [3.05, 3.63) is 47.5 Å². The summed E-state index contributed by atoms with van der Waals surface area (Å²) in [5, 5.41) is 25.3. The van der Waals surface area contributed by atoms with Crippen molar-refractivity contribution in [2.24, 2.45) is 12.0 Å². The van der Waals surface area contributed by atoms with Gasteiger partial charge in [-0.05, 0) is 33.5 Å². The van der Waals surface area contributed by atoms with Gasteiger partial charge in [-0.15, -0.1) is 34.2 Å². The van der Waals surface area contributed by atoms with Crippen LogP contribution in [0.3, 0.4) is 0 Å². The molecule has 0 aliphatic rings. The fourth-order valence-electron chi connectivity index (χ4n) is 2.71. The molecule has 0 bridgehead atoms. The number of hydrogen-bond donors (Lipinski definition) is 3. The number of likely N-dealkylation sites (N-methyl/N-ethyl adjacent to an activating group) is 1. The first-order chi connectivity index (χ1) is 12.8. The standard InChI is InChI=1S/C19H31N7O.HI/c1-15-23-24-17(26(15)5)12-21-18(20-11-16-9-7-6-8-10-16)22-13-19(2,27)14-25(3)4;/h6-10,27H,11-14H2,1-5H3,(H2,20,21,22);1H. The summed E-state index contributed by atoms with van der Waals surface area (Å²) < 4.78 is 1.93. The zero-order valence-electron chi connectivity index (χ0n) is 17.3. The fourth-order valence-corrected chi connectivity index (χ4v) is 2.71. The molecule has 0 aliphatic heterocycles. The van der Waals surface area contributed by atoms with E-state index in [0.717, 1.165) is 17.2 Å². The Balaban J connectivity index is 0.00000392. The summed E-state index contributed by atoms with van der Waals surface area (Å²) >= 11 is 0. The zero-order chi connectivity index (χ0) is 19.9. The number of aromatic nitrogens is 3. The molecule has 28 heavy (non-hydrogen) atoms. The number of guanidine groups is 1. The van der Waals surface area contributed by atoms with Gasteiger partial charge in [-0.2, -0.15) is 0 Å². The Kier molecular flexibility index (Phi) is 9.83. The van der Waals surface area contributed by atoms with E-state index in [4.69, 9.17) is 0 Å². The highest BCUT2D eigenvalue weighted by molar-refractivity contribution is 14.0. The highest BCUT2D eigenvalue weighted by Crippen LogP contribution is 2.04. The van der Waals surface area contributed by atoms with Crippen LogP contribution in [0.15, 0.2) is 35.3 Å². The lowest BCUT2D eigenvalue weighted by Gasteiger charge is -2.28. The summed E-state index contributed by atoms with van der Waals surface area (Å²) in [7, 11) is 5.81. The van der Waals surface area contributed by atoms with Crippen molar-refractivity contribution in [3.63, 3.8) is 0 Å². The molecular weight excluding hydrogens is 469 g/mol. The monoisotopic (exact) mass is 501 g/mol. The SMILES string of the molecule is Cc1nnc(CNC(=NCc2ccccc2)NCC(C)(O)CN(C)C)n1C.I. The molecule has 0 aliphatic carbocycles. The van der Waals surface area contributed by atoms with E-state index < -0.39 is 5.60 Å². The summed E-state index contributed by atoms with van der Waals surface area (Å²) in [6.45, 7) is 5.69. The summed E-state index contributed by atoms with van der Waals surface area (Å²) in [6.07, 6.45) is 0.